The predicted molar refractivity (Wildman–Crippen MR) is 115 cm³/mol. The maximum atomic E-state index is 2.33. The van der Waals surface area contributed by atoms with Gasteiger partial charge in [0.05, 0.1) is 0 Å². The van der Waals surface area contributed by atoms with Crippen molar-refractivity contribution in [2.24, 2.45) is 0 Å². The Morgan fingerprint density at radius 2 is 1.19 bits per heavy atom. The molecule has 0 heterocycles. The topological polar surface area (TPSA) is 0 Å². The van der Waals surface area contributed by atoms with Crippen LogP contribution in [0.25, 0.3) is 22.3 Å². The molecule has 0 atom stereocenters. The molecule has 0 N–H and O–H groups in total. The van der Waals surface area contributed by atoms with Crippen LogP contribution < -0.4 is 0 Å². The van der Waals surface area contributed by atoms with Crippen molar-refractivity contribution in [1.29, 1.82) is 0 Å². The average molecular weight is 343 g/mol. The van der Waals surface area contributed by atoms with Gasteiger partial charge in [0.15, 0.2) is 0 Å². The van der Waals surface area contributed by atoms with Crippen LogP contribution in [0.15, 0.2) is 54.6 Å². The zero-order valence-electron chi connectivity index (χ0n) is 17.2. The molecule has 0 amide bonds. The first kappa shape index (κ1) is 18.5. The summed E-state index contributed by atoms with van der Waals surface area (Å²) in [4.78, 5) is 0. The van der Waals surface area contributed by atoms with Crippen molar-refractivity contribution in [2.75, 3.05) is 0 Å². The van der Waals surface area contributed by atoms with Crippen LogP contribution in [0.1, 0.15) is 48.6 Å². The number of hydrogen-bond donors (Lipinski definition) is 0. The van der Waals surface area contributed by atoms with Crippen LogP contribution in [0.3, 0.4) is 0 Å². The van der Waals surface area contributed by atoms with Crippen LogP contribution >= 0.6 is 0 Å². The Kier molecular flexibility index (Phi) is 4.80. The van der Waals surface area contributed by atoms with E-state index in [-0.39, 0.29) is 5.41 Å². The van der Waals surface area contributed by atoms with E-state index in [9.17, 15) is 0 Å². The molecule has 134 valence electrons. The van der Waals surface area contributed by atoms with Crippen LogP contribution in [0.2, 0.25) is 0 Å². The molecule has 0 radical (unpaired) electrons. The molecule has 0 aliphatic heterocycles. The Morgan fingerprint density at radius 1 is 0.577 bits per heavy atom. The minimum Gasteiger partial charge on any atom is -0.0617 e. The largest absolute Gasteiger partial charge is 0.0617 e. The Morgan fingerprint density at radius 3 is 1.81 bits per heavy atom. The highest BCUT2D eigenvalue weighted by Gasteiger charge is 2.24. The third-order valence-electron chi connectivity index (χ3n) is 5.29. The maximum absolute atomic E-state index is 2.33. The van der Waals surface area contributed by atoms with Gasteiger partial charge >= 0.3 is 0 Å². The van der Waals surface area contributed by atoms with Gasteiger partial charge in [-0.1, -0.05) is 80.9 Å². The quantitative estimate of drug-likeness (QED) is 0.451. The lowest BCUT2D eigenvalue weighted by atomic mass is 9.76. The Hall–Kier alpha value is -2.34. The summed E-state index contributed by atoms with van der Waals surface area (Å²) in [5.74, 6) is 0. The zero-order chi connectivity index (χ0) is 19.1. The van der Waals surface area contributed by atoms with Gasteiger partial charge in [-0.2, -0.15) is 0 Å². The minimum absolute atomic E-state index is 0.0811. The fraction of sp³-hybridized carbons (Fsp3) is 0.308. The smallest absolute Gasteiger partial charge is 0.00625 e. The van der Waals surface area contributed by atoms with Gasteiger partial charge in [0.1, 0.15) is 0 Å². The molecule has 3 rings (SSSR count). The van der Waals surface area contributed by atoms with Crippen molar-refractivity contribution in [3.63, 3.8) is 0 Å². The molecule has 0 heteroatoms. The first-order valence-electron chi connectivity index (χ1n) is 9.48. The molecule has 0 bridgehead atoms. The van der Waals surface area contributed by atoms with Crippen LogP contribution in [-0.4, -0.2) is 0 Å². The summed E-state index contributed by atoms with van der Waals surface area (Å²) in [5, 5.41) is 0. The fourth-order valence-electron chi connectivity index (χ4n) is 3.91. The summed E-state index contributed by atoms with van der Waals surface area (Å²) in [6.07, 6.45) is 0. The van der Waals surface area contributed by atoms with Crippen molar-refractivity contribution in [3.05, 3.63) is 82.4 Å². The SMILES string of the molecule is Cc1ccc(C)c(-c2cccc(C(C)(C)C)c2-c2c(C)cccc2C)c1. The molecule has 0 aliphatic carbocycles. The number of aryl methyl sites for hydroxylation is 4. The highest BCUT2D eigenvalue weighted by molar-refractivity contribution is 5.90. The molecular weight excluding hydrogens is 312 g/mol. The van der Waals surface area contributed by atoms with E-state index in [1.165, 1.54) is 50.1 Å². The van der Waals surface area contributed by atoms with Crippen LogP contribution in [-0.2, 0) is 5.41 Å². The van der Waals surface area contributed by atoms with Crippen LogP contribution in [0.4, 0.5) is 0 Å². The van der Waals surface area contributed by atoms with Gasteiger partial charge in [-0.05, 0) is 77.6 Å². The van der Waals surface area contributed by atoms with Gasteiger partial charge in [0, 0.05) is 0 Å². The van der Waals surface area contributed by atoms with Gasteiger partial charge in [-0.3, -0.25) is 0 Å². The normalized spacial score (nSPS) is 11.7. The van der Waals surface area contributed by atoms with E-state index in [1.807, 2.05) is 0 Å². The molecule has 0 spiro atoms. The molecule has 3 aromatic carbocycles. The van der Waals surface area contributed by atoms with Crippen molar-refractivity contribution < 1.29 is 0 Å². The zero-order valence-corrected chi connectivity index (χ0v) is 17.2. The van der Waals surface area contributed by atoms with Gasteiger partial charge < -0.3 is 0 Å². The molecular formula is C26H30. The molecule has 0 saturated heterocycles. The van der Waals surface area contributed by atoms with Crippen molar-refractivity contribution in [1.82, 2.24) is 0 Å². The molecule has 0 fully saturated rings. The van der Waals surface area contributed by atoms with Gasteiger partial charge in [0.2, 0.25) is 0 Å². The van der Waals surface area contributed by atoms with E-state index in [0.29, 0.717) is 0 Å². The third kappa shape index (κ3) is 3.33. The predicted octanol–water partition coefficient (Wildman–Crippen LogP) is 7.55. The summed E-state index contributed by atoms with van der Waals surface area (Å²) in [6, 6.07) is 20.2. The molecule has 0 saturated carbocycles. The summed E-state index contributed by atoms with van der Waals surface area (Å²) in [6.45, 7) is 15.8. The van der Waals surface area contributed by atoms with Gasteiger partial charge in [0.25, 0.3) is 0 Å². The summed E-state index contributed by atoms with van der Waals surface area (Å²) >= 11 is 0. The first-order chi connectivity index (χ1) is 12.2. The highest BCUT2D eigenvalue weighted by atomic mass is 14.3. The van der Waals surface area contributed by atoms with E-state index < -0.39 is 0 Å². The second-order valence-electron chi connectivity index (χ2n) is 8.56. The molecule has 0 nitrogen and oxygen atoms in total. The number of hydrogen-bond acceptors (Lipinski definition) is 0. The third-order valence-corrected chi connectivity index (χ3v) is 5.29. The minimum atomic E-state index is 0.0811. The molecule has 3 aromatic rings. The van der Waals surface area contributed by atoms with E-state index >= 15 is 0 Å². The lowest BCUT2D eigenvalue weighted by molar-refractivity contribution is 0.592. The van der Waals surface area contributed by atoms with Gasteiger partial charge in [-0.15, -0.1) is 0 Å². The summed E-state index contributed by atoms with van der Waals surface area (Å²) in [7, 11) is 0. The Balaban J connectivity index is 2.46. The van der Waals surface area contributed by atoms with Crippen LogP contribution in [0.5, 0.6) is 0 Å². The van der Waals surface area contributed by atoms with E-state index in [4.69, 9.17) is 0 Å². The Bertz CT molecular complexity index is 932. The highest BCUT2D eigenvalue weighted by Crippen LogP contribution is 2.43. The number of benzene rings is 3. The molecule has 0 aliphatic rings. The van der Waals surface area contributed by atoms with E-state index in [1.54, 1.807) is 0 Å². The fourth-order valence-corrected chi connectivity index (χ4v) is 3.91. The average Bonchev–Trinajstić information content (AvgIpc) is 2.56. The summed E-state index contributed by atoms with van der Waals surface area (Å²) < 4.78 is 0. The maximum Gasteiger partial charge on any atom is -0.00625 e. The first-order valence-corrected chi connectivity index (χ1v) is 9.48. The van der Waals surface area contributed by atoms with E-state index in [2.05, 4.69) is 103 Å². The van der Waals surface area contributed by atoms with Gasteiger partial charge in [-0.25, -0.2) is 0 Å². The van der Waals surface area contributed by atoms with Crippen molar-refractivity contribution in [2.45, 2.75) is 53.9 Å². The monoisotopic (exact) mass is 342 g/mol. The lowest BCUT2D eigenvalue weighted by Crippen LogP contribution is -2.14. The summed E-state index contributed by atoms with van der Waals surface area (Å²) in [5.41, 5.74) is 12.3. The molecule has 0 aromatic heterocycles. The van der Waals surface area contributed by atoms with Crippen LogP contribution in [0, 0.1) is 27.7 Å². The second kappa shape index (κ2) is 6.76. The molecule has 0 unspecified atom stereocenters. The standard InChI is InChI=1S/C26H30/c1-17-14-15-18(2)22(16-17)21-12-9-13-23(26(5,6)7)25(21)24-19(3)10-8-11-20(24)4/h8-16H,1-7H3. The lowest BCUT2D eigenvalue weighted by Gasteiger charge is -2.27. The van der Waals surface area contributed by atoms with E-state index in [0.717, 1.165) is 0 Å². The molecule has 26 heavy (non-hydrogen) atoms. The second-order valence-corrected chi connectivity index (χ2v) is 8.56. The Labute approximate surface area is 158 Å². The van der Waals surface area contributed by atoms with Crippen molar-refractivity contribution >= 4 is 0 Å². The van der Waals surface area contributed by atoms with Crippen molar-refractivity contribution in [3.8, 4) is 22.3 Å². The number of rotatable bonds is 2.